The minimum Gasteiger partial charge on any atom is -0.354 e. The van der Waals surface area contributed by atoms with Crippen molar-refractivity contribution in [3.63, 3.8) is 0 Å². The predicted molar refractivity (Wildman–Crippen MR) is 76.7 cm³/mol. The van der Waals surface area contributed by atoms with Gasteiger partial charge in [0.15, 0.2) is 0 Å². The van der Waals surface area contributed by atoms with Gasteiger partial charge in [-0.2, -0.15) is 0 Å². The van der Waals surface area contributed by atoms with E-state index in [4.69, 9.17) is 5.73 Å². The quantitative estimate of drug-likeness (QED) is 0.868. The van der Waals surface area contributed by atoms with Crippen molar-refractivity contribution in [1.82, 2.24) is 5.32 Å². The summed E-state index contributed by atoms with van der Waals surface area (Å²) in [6.45, 7) is 5.13. The van der Waals surface area contributed by atoms with Crippen LogP contribution in [0.4, 0.5) is 5.69 Å². The van der Waals surface area contributed by atoms with Gasteiger partial charge in [0.05, 0.1) is 0 Å². The number of hydrogen-bond acceptors (Lipinski definition) is 3. The standard InChI is InChI=1S/C13H18BrN3O/c1-8-5-10(14)3-4-11(8)17-9(2)7-16-13(18)12(17)6-15/h3-5,9,12H,6-7,15H2,1-2H3,(H,16,18). The Bertz CT molecular complexity index is 464. The van der Waals surface area contributed by atoms with Crippen LogP contribution in [0.2, 0.25) is 0 Å². The number of nitrogens with one attached hydrogen (secondary N) is 1. The molecule has 1 fully saturated rings. The fourth-order valence-electron chi connectivity index (χ4n) is 2.43. The van der Waals surface area contributed by atoms with Crippen molar-refractivity contribution in [1.29, 1.82) is 0 Å². The van der Waals surface area contributed by atoms with E-state index in [0.29, 0.717) is 13.1 Å². The average Bonchev–Trinajstić information content (AvgIpc) is 2.33. The minimum atomic E-state index is -0.284. The summed E-state index contributed by atoms with van der Waals surface area (Å²) in [7, 11) is 0. The third-order valence-corrected chi connectivity index (χ3v) is 3.84. The van der Waals surface area contributed by atoms with Crippen LogP contribution >= 0.6 is 15.9 Å². The number of anilines is 1. The van der Waals surface area contributed by atoms with Crippen LogP contribution in [0.1, 0.15) is 12.5 Å². The molecule has 0 bridgehead atoms. The highest BCUT2D eigenvalue weighted by atomic mass is 79.9. The molecule has 1 heterocycles. The average molecular weight is 312 g/mol. The van der Waals surface area contributed by atoms with E-state index in [2.05, 4.69) is 39.1 Å². The molecule has 18 heavy (non-hydrogen) atoms. The molecule has 2 rings (SSSR count). The molecule has 0 radical (unpaired) electrons. The Morgan fingerprint density at radius 1 is 1.56 bits per heavy atom. The second-order valence-corrected chi connectivity index (χ2v) is 5.60. The molecule has 4 nitrogen and oxygen atoms in total. The van der Waals surface area contributed by atoms with Gasteiger partial charge in [-0.1, -0.05) is 15.9 Å². The number of carbonyl (C=O) groups excluding carboxylic acids is 1. The van der Waals surface area contributed by atoms with Crippen molar-refractivity contribution in [2.45, 2.75) is 25.9 Å². The van der Waals surface area contributed by atoms with Crippen LogP contribution < -0.4 is 16.0 Å². The van der Waals surface area contributed by atoms with Crippen molar-refractivity contribution in [2.24, 2.45) is 5.73 Å². The first-order valence-electron chi connectivity index (χ1n) is 6.07. The second kappa shape index (κ2) is 5.28. The smallest absolute Gasteiger partial charge is 0.244 e. The number of rotatable bonds is 2. The van der Waals surface area contributed by atoms with Gasteiger partial charge in [-0.25, -0.2) is 0 Å². The number of piperazine rings is 1. The molecule has 1 saturated heterocycles. The summed E-state index contributed by atoms with van der Waals surface area (Å²) < 4.78 is 1.04. The van der Waals surface area contributed by atoms with Crippen LogP contribution in [0.5, 0.6) is 0 Å². The summed E-state index contributed by atoms with van der Waals surface area (Å²) in [6.07, 6.45) is 0. The summed E-state index contributed by atoms with van der Waals surface area (Å²) in [5.41, 5.74) is 7.97. The lowest BCUT2D eigenvalue weighted by molar-refractivity contribution is -0.123. The zero-order chi connectivity index (χ0) is 13.3. The summed E-state index contributed by atoms with van der Waals surface area (Å²) >= 11 is 3.46. The topological polar surface area (TPSA) is 58.4 Å². The van der Waals surface area contributed by atoms with Crippen LogP contribution in [0.15, 0.2) is 22.7 Å². The van der Waals surface area contributed by atoms with Gasteiger partial charge in [-0.15, -0.1) is 0 Å². The lowest BCUT2D eigenvalue weighted by atomic mass is 10.0. The fourth-order valence-corrected chi connectivity index (χ4v) is 2.91. The van der Waals surface area contributed by atoms with Crippen LogP contribution in [0.25, 0.3) is 0 Å². The number of carbonyl (C=O) groups is 1. The Hall–Kier alpha value is -1.07. The number of hydrogen-bond donors (Lipinski definition) is 2. The molecule has 3 N–H and O–H groups in total. The molecular formula is C13H18BrN3O. The zero-order valence-electron chi connectivity index (χ0n) is 10.6. The largest absolute Gasteiger partial charge is 0.354 e. The lowest BCUT2D eigenvalue weighted by Crippen LogP contribution is -2.62. The molecule has 1 aromatic carbocycles. The SMILES string of the molecule is Cc1cc(Br)ccc1N1C(C)CNC(=O)C1CN. The monoisotopic (exact) mass is 311 g/mol. The van der Waals surface area contributed by atoms with Gasteiger partial charge >= 0.3 is 0 Å². The molecule has 0 spiro atoms. The summed E-state index contributed by atoms with van der Waals surface area (Å²) in [4.78, 5) is 14.0. The van der Waals surface area contributed by atoms with E-state index < -0.39 is 0 Å². The van der Waals surface area contributed by atoms with Crippen molar-refractivity contribution in [3.8, 4) is 0 Å². The Labute approximate surface area is 116 Å². The molecule has 1 amide bonds. The Balaban J connectivity index is 2.41. The summed E-state index contributed by atoms with van der Waals surface area (Å²) in [6, 6.07) is 6.05. The number of amides is 1. The molecule has 0 aromatic heterocycles. The Morgan fingerprint density at radius 2 is 2.28 bits per heavy atom. The number of halogens is 1. The van der Waals surface area contributed by atoms with Crippen molar-refractivity contribution >= 4 is 27.5 Å². The van der Waals surface area contributed by atoms with Gasteiger partial charge < -0.3 is 16.0 Å². The van der Waals surface area contributed by atoms with Gasteiger partial charge in [0, 0.05) is 29.3 Å². The third kappa shape index (κ3) is 2.37. The van der Waals surface area contributed by atoms with E-state index in [1.165, 1.54) is 0 Å². The molecule has 2 atom stereocenters. The number of aryl methyl sites for hydroxylation is 1. The predicted octanol–water partition coefficient (Wildman–Crippen LogP) is 1.41. The molecule has 0 aliphatic carbocycles. The molecule has 2 unspecified atom stereocenters. The van der Waals surface area contributed by atoms with Crippen molar-refractivity contribution in [3.05, 3.63) is 28.2 Å². The van der Waals surface area contributed by atoms with Crippen LogP contribution in [-0.4, -0.2) is 31.1 Å². The number of nitrogens with zero attached hydrogens (tertiary/aromatic N) is 1. The highest BCUT2D eigenvalue weighted by molar-refractivity contribution is 9.10. The van der Waals surface area contributed by atoms with E-state index in [1.54, 1.807) is 0 Å². The number of nitrogens with two attached hydrogens (primary N) is 1. The fraction of sp³-hybridized carbons (Fsp3) is 0.462. The molecule has 1 aliphatic rings. The zero-order valence-corrected chi connectivity index (χ0v) is 12.2. The maximum atomic E-state index is 11.9. The van der Waals surface area contributed by atoms with E-state index >= 15 is 0 Å². The van der Waals surface area contributed by atoms with Gasteiger partial charge in [0.25, 0.3) is 0 Å². The molecule has 5 heteroatoms. The molecule has 1 aliphatic heterocycles. The first-order chi connectivity index (χ1) is 8.54. The van der Waals surface area contributed by atoms with E-state index in [1.807, 2.05) is 19.1 Å². The molecule has 1 aromatic rings. The molecule has 98 valence electrons. The maximum Gasteiger partial charge on any atom is 0.244 e. The van der Waals surface area contributed by atoms with E-state index in [9.17, 15) is 4.79 Å². The van der Waals surface area contributed by atoms with Crippen LogP contribution in [0.3, 0.4) is 0 Å². The maximum absolute atomic E-state index is 11.9. The normalized spacial score (nSPS) is 24.0. The summed E-state index contributed by atoms with van der Waals surface area (Å²) in [5.74, 6) is 0.0120. The Kier molecular flexibility index (Phi) is 3.92. The highest BCUT2D eigenvalue weighted by Crippen LogP contribution is 2.28. The van der Waals surface area contributed by atoms with Crippen LogP contribution in [-0.2, 0) is 4.79 Å². The van der Waals surface area contributed by atoms with E-state index in [0.717, 1.165) is 15.7 Å². The minimum absolute atomic E-state index is 0.0120. The first kappa shape index (κ1) is 13.4. The van der Waals surface area contributed by atoms with E-state index in [-0.39, 0.29) is 18.0 Å². The van der Waals surface area contributed by atoms with Gasteiger partial charge in [-0.3, -0.25) is 4.79 Å². The number of benzene rings is 1. The van der Waals surface area contributed by atoms with Gasteiger partial charge in [0.1, 0.15) is 6.04 Å². The molecular weight excluding hydrogens is 294 g/mol. The van der Waals surface area contributed by atoms with Gasteiger partial charge in [0.2, 0.25) is 5.91 Å². The highest BCUT2D eigenvalue weighted by Gasteiger charge is 2.33. The van der Waals surface area contributed by atoms with Crippen molar-refractivity contribution in [2.75, 3.05) is 18.0 Å². The summed E-state index contributed by atoms with van der Waals surface area (Å²) in [5, 5.41) is 2.89. The van der Waals surface area contributed by atoms with Crippen molar-refractivity contribution < 1.29 is 4.79 Å². The first-order valence-corrected chi connectivity index (χ1v) is 6.86. The Morgan fingerprint density at radius 3 is 2.89 bits per heavy atom. The third-order valence-electron chi connectivity index (χ3n) is 3.35. The van der Waals surface area contributed by atoms with Gasteiger partial charge in [-0.05, 0) is 37.6 Å². The molecule has 0 saturated carbocycles. The lowest BCUT2D eigenvalue weighted by Gasteiger charge is -2.42. The van der Waals surface area contributed by atoms with Crippen LogP contribution in [0, 0.1) is 6.92 Å². The second-order valence-electron chi connectivity index (χ2n) is 4.68.